The van der Waals surface area contributed by atoms with Crippen LogP contribution >= 0.6 is 0 Å². The van der Waals surface area contributed by atoms with Gasteiger partial charge in [0.25, 0.3) is 0 Å². The molecule has 1 fully saturated rings. The number of oxime groups is 1. The second kappa shape index (κ2) is 26.9. The van der Waals surface area contributed by atoms with Crippen LogP contribution in [0.4, 0.5) is 4.79 Å². The summed E-state index contributed by atoms with van der Waals surface area (Å²) in [5.41, 5.74) is 4.57. The van der Waals surface area contributed by atoms with Gasteiger partial charge in [0.05, 0.1) is 63.9 Å². The van der Waals surface area contributed by atoms with Gasteiger partial charge in [-0.1, -0.05) is 90.8 Å². The first-order chi connectivity index (χ1) is 34.9. The predicted octanol–water partition coefficient (Wildman–Crippen LogP) is 8.80. The molecular weight excluding hydrogens is 909 g/mol. The molecule has 1 aliphatic heterocycles. The maximum Gasteiger partial charge on any atom is 0.410 e. The predicted molar refractivity (Wildman–Crippen MR) is 267 cm³/mol. The van der Waals surface area contributed by atoms with Crippen LogP contribution in [0.3, 0.4) is 0 Å². The molecule has 15 heteroatoms. The summed E-state index contributed by atoms with van der Waals surface area (Å²) in [5.74, 6) is -0.703. The van der Waals surface area contributed by atoms with E-state index in [0.717, 1.165) is 54.2 Å². The van der Waals surface area contributed by atoms with Crippen LogP contribution in [0.5, 0.6) is 23.0 Å². The molecule has 0 spiro atoms. The second-order valence-electron chi connectivity index (χ2n) is 17.8. The van der Waals surface area contributed by atoms with Crippen LogP contribution in [0, 0.1) is 17.8 Å². The quantitative estimate of drug-likeness (QED) is 0.0203. The summed E-state index contributed by atoms with van der Waals surface area (Å²) in [6.07, 6.45) is 8.35. The number of carbonyl (C=O) groups excluding carboxylic acids is 2. The van der Waals surface area contributed by atoms with Gasteiger partial charge in [-0.2, -0.15) is 0 Å². The van der Waals surface area contributed by atoms with Crippen molar-refractivity contribution in [3.63, 3.8) is 0 Å². The summed E-state index contributed by atoms with van der Waals surface area (Å²) in [7, 11) is 1.50. The molecule has 4 aromatic carbocycles. The molecule has 0 radical (unpaired) electrons. The van der Waals surface area contributed by atoms with Gasteiger partial charge in [-0.3, -0.25) is 9.69 Å². The van der Waals surface area contributed by atoms with Gasteiger partial charge in [0.15, 0.2) is 6.29 Å². The van der Waals surface area contributed by atoms with Crippen molar-refractivity contribution in [2.45, 2.75) is 75.9 Å². The first-order valence-electron chi connectivity index (χ1n) is 24.7. The van der Waals surface area contributed by atoms with Crippen LogP contribution in [0.1, 0.15) is 77.9 Å². The molecule has 0 saturated heterocycles. The first-order valence-corrected chi connectivity index (χ1v) is 24.7. The molecule has 3 aliphatic rings. The zero-order valence-corrected chi connectivity index (χ0v) is 40.6. The van der Waals surface area contributed by atoms with Crippen LogP contribution in [-0.4, -0.2) is 117 Å². The lowest BCUT2D eigenvalue weighted by molar-refractivity contribution is -0.256. The van der Waals surface area contributed by atoms with Crippen LogP contribution in [-0.2, 0) is 37.0 Å². The van der Waals surface area contributed by atoms with Crippen LogP contribution < -0.4 is 14.2 Å². The minimum atomic E-state index is -1.57. The van der Waals surface area contributed by atoms with Gasteiger partial charge < -0.3 is 53.3 Å². The number of aliphatic hydroxyl groups excluding tert-OH is 3. The molecule has 7 rings (SSSR count). The Kier molecular flexibility index (Phi) is 20.0. The molecule has 6 atom stereocenters. The van der Waals surface area contributed by atoms with Crippen molar-refractivity contribution in [2.24, 2.45) is 22.9 Å². The molecule has 380 valence electrons. The Balaban J connectivity index is 1.37. The third kappa shape index (κ3) is 13.3. The fraction of sp³-hybridized carbons (Fsp3) is 0.446. The maximum atomic E-state index is 14.8. The van der Waals surface area contributed by atoms with E-state index in [1.165, 1.54) is 7.11 Å². The molecule has 71 heavy (non-hydrogen) atoms. The van der Waals surface area contributed by atoms with E-state index in [0.29, 0.717) is 53.7 Å². The summed E-state index contributed by atoms with van der Waals surface area (Å²) >= 11 is 0. The number of rotatable bonds is 29. The summed E-state index contributed by atoms with van der Waals surface area (Å²) in [5, 5.41) is 34.7. The summed E-state index contributed by atoms with van der Waals surface area (Å²) in [4.78, 5) is 34.7. The zero-order chi connectivity index (χ0) is 49.8. The van der Waals surface area contributed by atoms with Gasteiger partial charge in [0.1, 0.15) is 42.3 Å². The number of aliphatic hydroxyl groups is 3. The Morgan fingerprint density at radius 3 is 2.25 bits per heavy atom. The van der Waals surface area contributed by atoms with E-state index in [1.807, 2.05) is 72.8 Å². The number of carbonyl (C=O) groups is 2. The molecule has 4 aromatic rings. The minimum Gasteiger partial charge on any atom is -0.496 e. The highest BCUT2D eigenvalue weighted by Crippen LogP contribution is 2.62. The van der Waals surface area contributed by atoms with Gasteiger partial charge in [0.2, 0.25) is 5.79 Å². The van der Waals surface area contributed by atoms with Crippen LogP contribution in [0.25, 0.3) is 0 Å². The summed E-state index contributed by atoms with van der Waals surface area (Å²) in [6, 6.07) is 29.3. The van der Waals surface area contributed by atoms with Gasteiger partial charge in [-0.05, 0) is 90.6 Å². The molecule has 6 unspecified atom stereocenters. The highest BCUT2D eigenvalue weighted by Gasteiger charge is 2.65. The normalized spacial score (nSPS) is 21.5. The number of methoxy groups -OCH3 is 1. The number of hydrogen-bond acceptors (Lipinski definition) is 14. The fourth-order valence-electron chi connectivity index (χ4n) is 10.2. The van der Waals surface area contributed by atoms with E-state index in [2.05, 4.69) is 12.7 Å². The molecule has 0 bridgehead atoms. The highest BCUT2D eigenvalue weighted by atomic mass is 16.7. The summed E-state index contributed by atoms with van der Waals surface area (Å²) in [6.45, 7) is 4.80. The second-order valence-corrected chi connectivity index (χ2v) is 17.8. The van der Waals surface area contributed by atoms with Crippen molar-refractivity contribution >= 4 is 18.1 Å². The third-order valence-electron chi connectivity index (χ3n) is 13.3. The summed E-state index contributed by atoms with van der Waals surface area (Å²) < 4.78 is 44.1. The monoisotopic (exact) mass is 976 g/mol. The van der Waals surface area contributed by atoms with E-state index in [9.17, 15) is 24.9 Å². The smallest absolute Gasteiger partial charge is 0.410 e. The number of aldehydes is 1. The fourth-order valence-corrected chi connectivity index (χ4v) is 10.2. The van der Waals surface area contributed by atoms with E-state index in [1.54, 1.807) is 35.2 Å². The molecule has 1 saturated carbocycles. The Morgan fingerprint density at radius 1 is 0.831 bits per heavy atom. The standard InChI is InChI=1S/C56H68N2O13/c1-3-28-68-56-52(58(24-29-65-30-27-61)55(63)67-32-31-66-38-40-14-6-4-7-15-40)36-49(57-69-39-41-16-8-5-9-17-41)47-34-42(18-10-12-25-59)46(19-11-13-26-60)53(54(47)56)48-35-45(21-23-51(48)71-56)70-44-20-22-50(64-2)43(33-44)37-62/h3-9,14-17,20-23,33-35,37,42,46,52-54,59-61H,1,10-13,18-19,24-32,36,38-39H2,2H3. The first kappa shape index (κ1) is 52.7. The van der Waals surface area contributed by atoms with Gasteiger partial charge in [-0.25, -0.2) is 4.79 Å². The number of unbranched alkanes of at least 4 members (excludes halogenated alkanes) is 2. The average molecular weight is 977 g/mol. The van der Waals surface area contributed by atoms with E-state index in [-0.39, 0.29) is 90.2 Å². The lowest BCUT2D eigenvalue weighted by Gasteiger charge is -2.59. The molecule has 2 aliphatic carbocycles. The van der Waals surface area contributed by atoms with Gasteiger partial charge in [0, 0.05) is 37.7 Å². The Morgan fingerprint density at radius 2 is 1.55 bits per heavy atom. The highest BCUT2D eigenvalue weighted by molar-refractivity contribution is 6.03. The molecule has 0 aromatic heterocycles. The molecule has 15 nitrogen and oxygen atoms in total. The van der Waals surface area contributed by atoms with Gasteiger partial charge >= 0.3 is 6.09 Å². The number of ether oxygens (including phenoxy) is 7. The van der Waals surface area contributed by atoms with Crippen molar-refractivity contribution in [3.8, 4) is 23.0 Å². The molecule has 1 heterocycles. The number of hydrogen-bond donors (Lipinski definition) is 3. The number of benzene rings is 4. The number of nitrogens with zero attached hydrogens (tertiary/aromatic N) is 2. The average Bonchev–Trinajstić information content (AvgIpc) is 3.40. The minimum absolute atomic E-state index is 0.0134. The third-order valence-corrected chi connectivity index (χ3v) is 13.3. The van der Waals surface area contributed by atoms with Crippen molar-refractivity contribution in [2.75, 3.05) is 66.5 Å². The number of amides is 1. The van der Waals surface area contributed by atoms with Crippen LogP contribution in [0.15, 0.2) is 127 Å². The number of allylic oxidation sites excluding steroid dienone is 1. The van der Waals surface area contributed by atoms with Gasteiger partial charge in [-0.15, -0.1) is 6.58 Å². The Bertz CT molecular complexity index is 2380. The van der Waals surface area contributed by atoms with Crippen molar-refractivity contribution < 1.29 is 62.9 Å². The van der Waals surface area contributed by atoms with Crippen molar-refractivity contribution in [1.82, 2.24) is 4.90 Å². The molecule has 1 amide bonds. The molecular formula is C56H68N2O13. The lowest BCUT2D eigenvalue weighted by Crippen LogP contribution is -2.70. The molecule has 3 N–H and O–H groups in total. The topological polar surface area (TPSA) is 184 Å². The number of fused-ring (bicyclic) bond motifs is 2. The maximum absolute atomic E-state index is 14.8. The van der Waals surface area contributed by atoms with Crippen LogP contribution in [0.2, 0.25) is 0 Å². The SMILES string of the molecule is C=CCOC12Oc3ccc(Oc4ccc(OC)c(C=O)c4)cc3C3C(CCCCO)C(CCCCO)C=C(C(=NOCc4ccccc4)CC1N(CCOCCO)C(=O)OCCOCc1ccccc1)C32. The van der Waals surface area contributed by atoms with Crippen molar-refractivity contribution in [1.29, 1.82) is 0 Å². The van der Waals surface area contributed by atoms with Crippen molar-refractivity contribution in [3.05, 3.63) is 144 Å². The lowest BCUT2D eigenvalue weighted by atomic mass is 9.55. The Labute approximate surface area is 416 Å². The Hall–Kier alpha value is -6.07. The van der Waals surface area contributed by atoms with E-state index >= 15 is 0 Å². The largest absolute Gasteiger partial charge is 0.496 e. The zero-order valence-electron chi connectivity index (χ0n) is 40.6. The van der Waals surface area contributed by atoms with E-state index < -0.39 is 23.8 Å². The van der Waals surface area contributed by atoms with E-state index in [4.69, 9.17) is 43.2 Å².